The third kappa shape index (κ3) is 1.74. The van der Waals surface area contributed by atoms with E-state index in [0.717, 1.165) is 37.2 Å². The minimum Gasteiger partial charge on any atom is -0.497 e. The number of nitrogens with zero attached hydrogens (tertiary/aromatic N) is 2. The van der Waals surface area contributed by atoms with E-state index in [0.29, 0.717) is 0 Å². The van der Waals surface area contributed by atoms with Crippen LogP contribution in [0.1, 0.15) is 5.69 Å². The molecular weight excluding hydrogens is 266 g/mol. The number of nitrogens with two attached hydrogens (primary N) is 1. The first-order valence-corrected chi connectivity index (χ1v) is 6.94. The maximum atomic E-state index is 5.95. The number of methoxy groups -OCH3 is 1. The van der Waals surface area contributed by atoms with Gasteiger partial charge in [-0.15, -0.1) is 11.3 Å². The maximum absolute atomic E-state index is 5.95. The van der Waals surface area contributed by atoms with Crippen LogP contribution in [0.3, 0.4) is 0 Å². The van der Waals surface area contributed by atoms with Crippen LogP contribution >= 0.6 is 22.9 Å². The zero-order chi connectivity index (χ0) is 12.7. The van der Waals surface area contributed by atoms with Crippen LogP contribution in [0.15, 0.2) is 18.2 Å². The molecule has 0 bridgehead atoms. The fourth-order valence-corrected chi connectivity index (χ4v) is 3.62. The van der Waals surface area contributed by atoms with Gasteiger partial charge in [0.1, 0.15) is 15.8 Å². The Morgan fingerprint density at radius 1 is 1.33 bits per heavy atom. The average molecular weight is 277 g/mol. The number of hydrogen-bond acceptors (Lipinski definition) is 6. The fraction of sp³-hybridized carbons (Fsp3) is 0.167. The van der Waals surface area contributed by atoms with Crippen molar-refractivity contribution in [3.05, 3.63) is 23.9 Å². The second-order valence-electron chi connectivity index (χ2n) is 3.86. The molecule has 0 aliphatic heterocycles. The van der Waals surface area contributed by atoms with Gasteiger partial charge in [0.2, 0.25) is 0 Å². The van der Waals surface area contributed by atoms with Gasteiger partial charge in [-0.2, -0.15) is 4.37 Å². The first-order chi connectivity index (χ1) is 8.69. The molecule has 0 amide bonds. The summed E-state index contributed by atoms with van der Waals surface area (Å²) in [4.78, 5) is 4.60. The number of hydrogen-bond donors (Lipinski definition) is 1. The molecular formula is C12H11N3OS2. The number of ether oxygens (including phenoxy) is 1. The van der Waals surface area contributed by atoms with Gasteiger partial charge in [0.05, 0.1) is 28.6 Å². The van der Waals surface area contributed by atoms with Gasteiger partial charge in [-0.25, -0.2) is 4.98 Å². The minimum absolute atomic E-state index is 0.721. The lowest BCUT2D eigenvalue weighted by Crippen LogP contribution is -1.85. The van der Waals surface area contributed by atoms with Crippen LogP contribution in [0.2, 0.25) is 0 Å². The second kappa shape index (κ2) is 4.22. The molecule has 0 saturated heterocycles. The Morgan fingerprint density at radius 2 is 2.17 bits per heavy atom. The smallest absolute Gasteiger partial charge is 0.129 e. The van der Waals surface area contributed by atoms with Crippen LogP contribution in [0.5, 0.6) is 5.75 Å². The predicted molar refractivity (Wildman–Crippen MR) is 76.4 cm³/mol. The molecule has 6 heteroatoms. The third-order valence-electron chi connectivity index (χ3n) is 2.70. The number of aromatic nitrogens is 2. The zero-order valence-electron chi connectivity index (χ0n) is 9.93. The molecule has 4 nitrogen and oxygen atoms in total. The van der Waals surface area contributed by atoms with Crippen molar-refractivity contribution in [1.82, 2.24) is 9.36 Å². The fourth-order valence-electron chi connectivity index (χ4n) is 1.79. The van der Waals surface area contributed by atoms with Crippen molar-refractivity contribution in [3.63, 3.8) is 0 Å². The summed E-state index contributed by atoms with van der Waals surface area (Å²) < 4.78 is 10.6. The van der Waals surface area contributed by atoms with Crippen molar-refractivity contribution in [2.45, 2.75) is 6.92 Å². The lowest BCUT2D eigenvalue weighted by molar-refractivity contribution is 0.415. The van der Waals surface area contributed by atoms with E-state index in [9.17, 15) is 0 Å². The second-order valence-corrected chi connectivity index (χ2v) is 5.70. The van der Waals surface area contributed by atoms with Crippen LogP contribution < -0.4 is 10.5 Å². The van der Waals surface area contributed by atoms with E-state index < -0.39 is 0 Å². The summed E-state index contributed by atoms with van der Waals surface area (Å²) in [6.45, 7) is 1.95. The summed E-state index contributed by atoms with van der Waals surface area (Å²) in [6.07, 6.45) is 0. The van der Waals surface area contributed by atoms with Crippen molar-refractivity contribution >= 4 is 38.1 Å². The van der Waals surface area contributed by atoms with Crippen LogP contribution in [-0.4, -0.2) is 16.5 Å². The lowest BCUT2D eigenvalue weighted by Gasteiger charge is -1.96. The molecule has 0 atom stereocenters. The van der Waals surface area contributed by atoms with Crippen molar-refractivity contribution in [1.29, 1.82) is 0 Å². The van der Waals surface area contributed by atoms with E-state index in [1.54, 1.807) is 18.4 Å². The molecule has 0 radical (unpaired) electrons. The van der Waals surface area contributed by atoms with E-state index in [4.69, 9.17) is 10.5 Å². The first kappa shape index (κ1) is 11.4. The highest BCUT2D eigenvalue weighted by Gasteiger charge is 2.15. The Morgan fingerprint density at radius 3 is 2.83 bits per heavy atom. The first-order valence-electron chi connectivity index (χ1n) is 5.35. The molecule has 0 aliphatic rings. The SMILES string of the molecule is COc1ccc2nc(-c3c(C)nsc3N)sc2c1. The van der Waals surface area contributed by atoms with Gasteiger partial charge in [0.25, 0.3) is 0 Å². The Balaban J connectivity index is 2.19. The summed E-state index contributed by atoms with van der Waals surface area (Å²) in [7, 11) is 1.66. The van der Waals surface area contributed by atoms with Gasteiger partial charge in [0.15, 0.2) is 0 Å². The van der Waals surface area contributed by atoms with E-state index in [2.05, 4.69) is 9.36 Å². The standard InChI is InChI=1S/C12H11N3OS2/c1-6-10(11(13)18-15-6)12-14-8-4-3-7(16-2)5-9(8)17-12/h3-5H,13H2,1-2H3. The van der Waals surface area contributed by atoms with Gasteiger partial charge in [-0.3, -0.25) is 0 Å². The molecule has 0 aliphatic carbocycles. The molecule has 18 heavy (non-hydrogen) atoms. The molecule has 92 valence electrons. The zero-order valence-corrected chi connectivity index (χ0v) is 11.6. The Kier molecular flexibility index (Phi) is 2.68. The summed E-state index contributed by atoms with van der Waals surface area (Å²) in [6, 6.07) is 5.86. The number of fused-ring (bicyclic) bond motifs is 1. The molecule has 3 rings (SSSR count). The number of thiazole rings is 1. The van der Waals surface area contributed by atoms with E-state index in [1.807, 2.05) is 25.1 Å². The summed E-state index contributed by atoms with van der Waals surface area (Å²) in [5.41, 5.74) is 8.80. The van der Waals surface area contributed by atoms with Crippen molar-refractivity contribution < 1.29 is 4.74 Å². The molecule has 1 aromatic carbocycles. The van der Waals surface area contributed by atoms with Crippen LogP contribution in [0.4, 0.5) is 5.00 Å². The number of nitrogen functional groups attached to an aromatic ring is 1. The van der Waals surface area contributed by atoms with Crippen molar-refractivity contribution in [2.24, 2.45) is 0 Å². The molecule has 2 heterocycles. The van der Waals surface area contributed by atoms with Crippen LogP contribution in [-0.2, 0) is 0 Å². The molecule has 2 aromatic heterocycles. The Bertz CT molecular complexity index is 698. The normalized spacial score (nSPS) is 11.0. The molecule has 2 N–H and O–H groups in total. The van der Waals surface area contributed by atoms with Gasteiger partial charge >= 0.3 is 0 Å². The van der Waals surface area contributed by atoms with Gasteiger partial charge in [0, 0.05) is 0 Å². The molecule has 0 saturated carbocycles. The molecule has 0 spiro atoms. The summed E-state index contributed by atoms with van der Waals surface area (Å²) in [5.74, 6) is 0.839. The van der Waals surface area contributed by atoms with Crippen molar-refractivity contribution in [3.8, 4) is 16.3 Å². The van der Waals surface area contributed by atoms with Crippen molar-refractivity contribution in [2.75, 3.05) is 12.8 Å². The van der Waals surface area contributed by atoms with E-state index >= 15 is 0 Å². The average Bonchev–Trinajstić information content (AvgIpc) is 2.91. The highest BCUT2D eigenvalue weighted by Crippen LogP contribution is 2.38. The predicted octanol–water partition coefficient (Wildman–Crippen LogP) is 3.32. The monoisotopic (exact) mass is 277 g/mol. The third-order valence-corrected chi connectivity index (χ3v) is 4.50. The molecule has 3 aromatic rings. The van der Waals surface area contributed by atoms with Gasteiger partial charge in [-0.1, -0.05) is 0 Å². The Labute approximate surface area is 112 Å². The maximum Gasteiger partial charge on any atom is 0.129 e. The summed E-state index contributed by atoms with van der Waals surface area (Å²) >= 11 is 2.92. The van der Waals surface area contributed by atoms with Crippen LogP contribution in [0.25, 0.3) is 20.8 Å². The highest BCUT2D eigenvalue weighted by atomic mass is 32.1. The van der Waals surface area contributed by atoms with Crippen LogP contribution in [0, 0.1) is 6.92 Å². The Hall–Kier alpha value is -1.66. The summed E-state index contributed by atoms with van der Waals surface area (Å²) in [5, 5.41) is 1.64. The topological polar surface area (TPSA) is 61.0 Å². The number of aryl methyl sites for hydroxylation is 1. The minimum atomic E-state index is 0.721. The van der Waals surface area contributed by atoms with Gasteiger partial charge < -0.3 is 10.5 Å². The number of benzene rings is 1. The van der Waals surface area contributed by atoms with E-state index in [-0.39, 0.29) is 0 Å². The largest absolute Gasteiger partial charge is 0.497 e. The lowest BCUT2D eigenvalue weighted by atomic mass is 10.2. The highest BCUT2D eigenvalue weighted by molar-refractivity contribution is 7.22. The van der Waals surface area contributed by atoms with E-state index in [1.165, 1.54) is 11.5 Å². The quantitative estimate of drug-likeness (QED) is 0.780. The molecule has 0 unspecified atom stereocenters. The van der Waals surface area contributed by atoms with Gasteiger partial charge in [-0.05, 0) is 36.7 Å². The number of rotatable bonds is 2. The number of anilines is 1. The molecule has 0 fully saturated rings.